The van der Waals surface area contributed by atoms with Gasteiger partial charge in [-0.25, -0.2) is 13.2 Å². The van der Waals surface area contributed by atoms with Gasteiger partial charge in [0.25, 0.3) is 0 Å². The lowest BCUT2D eigenvalue weighted by Crippen LogP contribution is -2.19. The van der Waals surface area contributed by atoms with Crippen molar-refractivity contribution < 1.29 is 13.2 Å². The van der Waals surface area contributed by atoms with Crippen LogP contribution in [-0.4, -0.2) is 6.54 Å². The van der Waals surface area contributed by atoms with Gasteiger partial charge in [0.2, 0.25) is 0 Å². The van der Waals surface area contributed by atoms with Gasteiger partial charge in [-0.05, 0) is 19.9 Å². The van der Waals surface area contributed by atoms with E-state index < -0.39 is 23.5 Å². The summed E-state index contributed by atoms with van der Waals surface area (Å²) in [5.74, 6) is -2.79. The Morgan fingerprint density at radius 1 is 1.27 bits per heavy atom. The first-order chi connectivity index (χ1) is 6.99. The van der Waals surface area contributed by atoms with E-state index in [1.807, 2.05) is 0 Å². The Hall–Kier alpha value is -1.07. The summed E-state index contributed by atoms with van der Waals surface area (Å²) in [4.78, 5) is 0. The fourth-order valence-corrected chi connectivity index (χ4v) is 1.37. The van der Waals surface area contributed by atoms with Gasteiger partial charge in [-0.15, -0.1) is 0 Å². The minimum absolute atomic E-state index is 0.219. The third-order valence-electron chi connectivity index (χ3n) is 2.28. The molecule has 0 saturated heterocycles. The molecule has 4 N–H and O–H groups in total. The number of halogens is 3. The molecule has 5 heteroatoms. The summed E-state index contributed by atoms with van der Waals surface area (Å²) in [5.41, 5.74) is 10.3. The Balaban J connectivity index is 3.23. The van der Waals surface area contributed by atoms with Gasteiger partial charge < -0.3 is 11.5 Å². The van der Waals surface area contributed by atoms with Crippen LogP contribution >= 0.6 is 0 Å². The first-order valence-corrected chi connectivity index (χ1v) is 4.58. The van der Waals surface area contributed by atoms with Crippen LogP contribution in [0.1, 0.15) is 23.6 Å². The fourth-order valence-electron chi connectivity index (χ4n) is 1.37. The maximum atomic E-state index is 13.5. The van der Waals surface area contributed by atoms with Gasteiger partial charge >= 0.3 is 0 Å². The molecule has 1 atom stereocenters. The molecule has 0 aliphatic heterocycles. The van der Waals surface area contributed by atoms with Crippen molar-refractivity contribution in [2.24, 2.45) is 11.5 Å². The lowest BCUT2D eigenvalue weighted by Gasteiger charge is -2.14. The highest BCUT2D eigenvalue weighted by Crippen LogP contribution is 2.25. The second-order valence-electron chi connectivity index (χ2n) is 3.38. The summed E-state index contributed by atoms with van der Waals surface area (Å²) in [7, 11) is 0. The molecule has 2 nitrogen and oxygen atoms in total. The quantitative estimate of drug-likeness (QED) is 0.812. The SMILES string of the molecule is Cc1c(F)cc(F)c(C(N)CCN)c1F. The summed E-state index contributed by atoms with van der Waals surface area (Å²) < 4.78 is 39.7. The number of nitrogens with two attached hydrogens (primary N) is 2. The fraction of sp³-hybridized carbons (Fsp3) is 0.400. The first kappa shape index (κ1) is 12.0. The molecule has 0 saturated carbocycles. The molecule has 0 spiro atoms. The molecular weight excluding hydrogens is 205 g/mol. The van der Waals surface area contributed by atoms with Crippen molar-refractivity contribution in [1.29, 1.82) is 0 Å². The minimum Gasteiger partial charge on any atom is -0.330 e. The lowest BCUT2D eigenvalue weighted by atomic mass is 10.0. The van der Waals surface area contributed by atoms with E-state index in [0.29, 0.717) is 6.07 Å². The molecule has 15 heavy (non-hydrogen) atoms. The molecular formula is C10H13F3N2. The van der Waals surface area contributed by atoms with Crippen LogP contribution in [-0.2, 0) is 0 Å². The molecule has 0 amide bonds. The van der Waals surface area contributed by atoms with Gasteiger partial charge in [0.1, 0.15) is 17.5 Å². The van der Waals surface area contributed by atoms with Crippen LogP contribution in [0.4, 0.5) is 13.2 Å². The van der Waals surface area contributed by atoms with E-state index in [2.05, 4.69) is 0 Å². The predicted molar refractivity (Wildman–Crippen MR) is 51.7 cm³/mol. The van der Waals surface area contributed by atoms with Crippen molar-refractivity contribution in [3.05, 3.63) is 34.6 Å². The van der Waals surface area contributed by atoms with Crippen molar-refractivity contribution in [1.82, 2.24) is 0 Å². The number of benzene rings is 1. The molecule has 0 bridgehead atoms. The Kier molecular flexibility index (Phi) is 3.71. The summed E-state index contributed by atoms with van der Waals surface area (Å²) in [6, 6.07) is -0.196. The lowest BCUT2D eigenvalue weighted by molar-refractivity contribution is 0.487. The summed E-state index contributed by atoms with van der Waals surface area (Å²) >= 11 is 0. The van der Waals surface area contributed by atoms with E-state index in [9.17, 15) is 13.2 Å². The Labute approximate surface area is 86.1 Å². The van der Waals surface area contributed by atoms with Crippen LogP contribution in [0.15, 0.2) is 6.07 Å². The normalized spacial score (nSPS) is 12.9. The molecule has 1 unspecified atom stereocenters. The van der Waals surface area contributed by atoms with Gasteiger partial charge in [0.15, 0.2) is 0 Å². The molecule has 0 aliphatic rings. The van der Waals surface area contributed by atoms with E-state index in [-0.39, 0.29) is 24.1 Å². The largest absolute Gasteiger partial charge is 0.330 e. The smallest absolute Gasteiger partial charge is 0.136 e. The maximum Gasteiger partial charge on any atom is 0.136 e. The second-order valence-corrected chi connectivity index (χ2v) is 3.38. The van der Waals surface area contributed by atoms with Crippen molar-refractivity contribution in [3.63, 3.8) is 0 Å². The monoisotopic (exact) mass is 218 g/mol. The molecule has 0 aromatic heterocycles. The third-order valence-corrected chi connectivity index (χ3v) is 2.28. The number of hydrogen-bond donors (Lipinski definition) is 2. The maximum absolute atomic E-state index is 13.5. The average Bonchev–Trinajstić information content (AvgIpc) is 2.15. The van der Waals surface area contributed by atoms with Crippen LogP contribution in [0.5, 0.6) is 0 Å². The summed E-state index contributed by atoms with van der Waals surface area (Å²) in [6.07, 6.45) is 0.249. The number of rotatable bonds is 3. The van der Waals surface area contributed by atoms with Crippen LogP contribution < -0.4 is 11.5 Å². The Morgan fingerprint density at radius 2 is 1.87 bits per heavy atom. The zero-order chi connectivity index (χ0) is 11.6. The van der Waals surface area contributed by atoms with Gasteiger partial charge in [0.05, 0.1) is 0 Å². The molecule has 1 aromatic carbocycles. The Morgan fingerprint density at radius 3 is 2.40 bits per heavy atom. The van der Waals surface area contributed by atoms with Gasteiger partial charge in [-0.3, -0.25) is 0 Å². The predicted octanol–water partition coefficient (Wildman–Crippen LogP) is 1.76. The zero-order valence-electron chi connectivity index (χ0n) is 8.36. The van der Waals surface area contributed by atoms with Crippen molar-refractivity contribution >= 4 is 0 Å². The molecule has 0 radical (unpaired) electrons. The zero-order valence-corrected chi connectivity index (χ0v) is 8.36. The van der Waals surface area contributed by atoms with Crippen LogP contribution in [0, 0.1) is 24.4 Å². The number of hydrogen-bond acceptors (Lipinski definition) is 2. The molecule has 84 valence electrons. The van der Waals surface area contributed by atoms with Crippen molar-refractivity contribution in [2.75, 3.05) is 6.54 Å². The van der Waals surface area contributed by atoms with E-state index in [1.54, 1.807) is 0 Å². The molecule has 0 fully saturated rings. The topological polar surface area (TPSA) is 52.0 Å². The van der Waals surface area contributed by atoms with Gasteiger partial charge in [-0.1, -0.05) is 0 Å². The standard InChI is InChI=1S/C10H13F3N2/c1-5-6(11)4-7(12)9(10(5)13)8(15)2-3-14/h4,8H,2-3,14-15H2,1H3. The molecule has 0 aliphatic carbocycles. The van der Waals surface area contributed by atoms with Gasteiger partial charge in [0, 0.05) is 23.2 Å². The van der Waals surface area contributed by atoms with Crippen LogP contribution in [0.2, 0.25) is 0 Å². The van der Waals surface area contributed by atoms with Crippen LogP contribution in [0.25, 0.3) is 0 Å². The van der Waals surface area contributed by atoms with Crippen LogP contribution in [0.3, 0.4) is 0 Å². The van der Waals surface area contributed by atoms with Crippen molar-refractivity contribution in [2.45, 2.75) is 19.4 Å². The van der Waals surface area contributed by atoms with E-state index in [1.165, 1.54) is 6.92 Å². The van der Waals surface area contributed by atoms with Crippen molar-refractivity contribution in [3.8, 4) is 0 Å². The highest BCUT2D eigenvalue weighted by atomic mass is 19.1. The second kappa shape index (κ2) is 4.63. The highest BCUT2D eigenvalue weighted by molar-refractivity contribution is 5.30. The average molecular weight is 218 g/mol. The van der Waals surface area contributed by atoms with Gasteiger partial charge in [-0.2, -0.15) is 0 Å². The first-order valence-electron chi connectivity index (χ1n) is 4.58. The minimum atomic E-state index is -0.962. The van der Waals surface area contributed by atoms with E-state index >= 15 is 0 Å². The molecule has 0 heterocycles. The van der Waals surface area contributed by atoms with E-state index in [0.717, 1.165) is 0 Å². The summed E-state index contributed by atoms with van der Waals surface area (Å²) in [5, 5.41) is 0. The molecule has 1 aromatic rings. The summed E-state index contributed by atoms with van der Waals surface area (Å²) in [6.45, 7) is 1.46. The molecule has 1 rings (SSSR count). The highest BCUT2D eigenvalue weighted by Gasteiger charge is 2.20. The Bertz CT molecular complexity index is 366. The third kappa shape index (κ3) is 2.30. The van der Waals surface area contributed by atoms with E-state index in [4.69, 9.17) is 11.5 Å².